The summed E-state index contributed by atoms with van der Waals surface area (Å²) in [6.45, 7) is 0.220. The number of benzene rings is 1. The van der Waals surface area contributed by atoms with Crippen molar-refractivity contribution in [2.24, 2.45) is 5.41 Å². The van der Waals surface area contributed by atoms with E-state index < -0.39 is 10.0 Å². The molecule has 0 aliphatic heterocycles. The number of aliphatic hydroxyl groups excluding tert-OH is 1. The van der Waals surface area contributed by atoms with Crippen LogP contribution in [0.2, 0.25) is 5.02 Å². The van der Waals surface area contributed by atoms with Gasteiger partial charge in [0.15, 0.2) is 0 Å². The van der Waals surface area contributed by atoms with Crippen LogP contribution in [0.15, 0.2) is 23.1 Å². The number of rotatable bonds is 5. The summed E-state index contributed by atoms with van der Waals surface area (Å²) in [6, 6.07) is 4.31. The number of nitrogen functional groups attached to an aromatic ring is 1. The summed E-state index contributed by atoms with van der Waals surface area (Å²) in [7, 11) is -3.70. The lowest BCUT2D eigenvalue weighted by atomic mass is 9.75. The number of sulfonamides is 1. The van der Waals surface area contributed by atoms with Gasteiger partial charge in [0.1, 0.15) is 4.90 Å². The first-order chi connectivity index (χ1) is 9.88. The third-order valence-corrected chi connectivity index (χ3v) is 6.02. The molecule has 118 valence electrons. The number of anilines is 1. The quantitative estimate of drug-likeness (QED) is 0.720. The molecule has 0 aromatic heterocycles. The minimum absolute atomic E-state index is 0.00894. The van der Waals surface area contributed by atoms with E-state index >= 15 is 0 Å². The predicted molar refractivity (Wildman–Crippen MR) is 83.7 cm³/mol. The molecule has 1 aliphatic carbocycles. The fraction of sp³-hybridized carbons (Fsp3) is 0.571. The van der Waals surface area contributed by atoms with Gasteiger partial charge in [0.2, 0.25) is 10.0 Å². The van der Waals surface area contributed by atoms with Crippen LogP contribution in [0.1, 0.15) is 32.1 Å². The molecule has 1 aromatic rings. The third-order valence-electron chi connectivity index (χ3n) is 4.13. The van der Waals surface area contributed by atoms with Crippen LogP contribution in [0.3, 0.4) is 0 Å². The summed E-state index contributed by atoms with van der Waals surface area (Å²) in [5, 5.41) is 9.72. The number of aliphatic hydroxyl groups is 1. The minimum Gasteiger partial charge on any atom is -0.399 e. The molecule has 1 saturated carbocycles. The van der Waals surface area contributed by atoms with Crippen molar-refractivity contribution in [1.29, 1.82) is 0 Å². The predicted octanol–water partition coefficient (Wildman–Crippen LogP) is 2.14. The van der Waals surface area contributed by atoms with Gasteiger partial charge in [-0.1, -0.05) is 30.9 Å². The van der Waals surface area contributed by atoms with E-state index in [1.807, 2.05) is 0 Å². The van der Waals surface area contributed by atoms with Gasteiger partial charge in [0, 0.05) is 24.3 Å². The lowest BCUT2D eigenvalue weighted by molar-refractivity contribution is 0.0867. The van der Waals surface area contributed by atoms with Crippen LogP contribution in [-0.2, 0) is 10.0 Å². The van der Waals surface area contributed by atoms with Crippen molar-refractivity contribution in [3.63, 3.8) is 0 Å². The van der Waals surface area contributed by atoms with Crippen LogP contribution in [-0.4, -0.2) is 26.7 Å². The smallest absolute Gasteiger partial charge is 0.242 e. The van der Waals surface area contributed by atoms with Crippen LogP contribution in [0.5, 0.6) is 0 Å². The second-order valence-electron chi connectivity index (χ2n) is 5.73. The Hall–Kier alpha value is -0.820. The van der Waals surface area contributed by atoms with Gasteiger partial charge in [-0.05, 0) is 31.0 Å². The summed E-state index contributed by atoms with van der Waals surface area (Å²) >= 11 is 5.96. The summed E-state index contributed by atoms with van der Waals surface area (Å²) in [5.41, 5.74) is 5.63. The fourth-order valence-corrected chi connectivity index (χ4v) is 4.46. The summed E-state index contributed by atoms with van der Waals surface area (Å²) in [4.78, 5) is 0.0160. The van der Waals surface area contributed by atoms with Gasteiger partial charge < -0.3 is 10.8 Å². The molecule has 0 spiro atoms. The lowest BCUT2D eigenvalue weighted by Crippen LogP contribution is -2.41. The van der Waals surface area contributed by atoms with Gasteiger partial charge in [-0.15, -0.1) is 0 Å². The molecule has 0 atom stereocenters. The highest BCUT2D eigenvalue weighted by Gasteiger charge is 2.33. The van der Waals surface area contributed by atoms with Crippen LogP contribution in [0.25, 0.3) is 0 Å². The van der Waals surface area contributed by atoms with E-state index in [0.29, 0.717) is 5.69 Å². The molecule has 1 aliphatic rings. The Morgan fingerprint density at radius 2 is 1.95 bits per heavy atom. The lowest BCUT2D eigenvalue weighted by Gasteiger charge is -2.35. The molecule has 0 radical (unpaired) electrons. The standard InChI is InChI=1S/C14H21ClN2O3S/c15-12-8-11(16)4-5-13(12)21(19,20)17-9-14(10-18)6-2-1-3-7-14/h4-5,8,17-18H,1-3,6-7,9-10,16H2. The summed E-state index contributed by atoms with van der Waals surface area (Å²) < 4.78 is 27.3. The molecule has 1 aromatic carbocycles. The first-order valence-electron chi connectivity index (χ1n) is 7.04. The molecular formula is C14H21ClN2O3S. The maximum atomic E-state index is 12.3. The summed E-state index contributed by atoms with van der Waals surface area (Å²) in [5.74, 6) is 0. The first kappa shape index (κ1) is 16.5. The summed E-state index contributed by atoms with van der Waals surface area (Å²) in [6.07, 6.45) is 4.84. The zero-order valence-electron chi connectivity index (χ0n) is 11.8. The van der Waals surface area contributed by atoms with Crippen LogP contribution in [0, 0.1) is 5.41 Å². The number of hydrogen-bond donors (Lipinski definition) is 3. The van der Waals surface area contributed by atoms with Gasteiger partial charge in [-0.3, -0.25) is 0 Å². The van der Waals surface area contributed by atoms with Crippen molar-refractivity contribution in [2.75, 3.05) is 18.9 Å². The van der Waals surface area contributed by atoms with E-state index in [0.717, 1.165) is 32.1 Å². The minimum atomic E-state index is -3.70. The van der Waals surface area contributed by atoms with Crippen LogP contribution < -0.4 is 10.5 Å². The topological polar surface area (TPSA) is 92.4 Å². The van der Waals surface area contributed by atoms with Gasteiger partial charge in [-0.25, -0.2) is 13.1 Å². The largest absolute Gasteiger partial charge is 0.399 e. The highest BCUT2D eigenvalue weighted by molar-refractivity contribution is 7.89. The van der Waals surface area contributed by atoms with Gasteiger partial charge in [0.05, 0.1) is 5.02 Å². The molecule has 4 N–H and O–H groups in total. The van der Waals surface area contributed by atoms with E-state index in [9.17, 15) is 13.5 Å². The van der Waals surface area contributed by atoms with Crippen molar-refractivity contribution in [1.82, 2.24) is 4.72 Å². The Morgan fingerprint density at radius 1 is 1.29 bits per heavy atom. The van der Waals surface area contributed by atoms with Gasteiger partial charge >= 0.3 is 0 Å². The molecule has 1 fully saturated rings. The Kier molecular flexibility index (Phi) is 5.14. The van der Waals surface area contributed by atoms with Gasteiger partial charge in [-0.2, -0.15) is 0 Å². The van der Waals surface area contributed by atoms with Crippen LogP contribution >= 0.6 is 11.6 Å². The molecule has 5 nitrogen and oxygen atoms in total. The molecule has 21 heavy (non-hydrogen) atoms. The van der Waals surface area contributed by atoms with E-state index in [1.54, 1.807) is 0 Å². The molecule has 0 unspecified atom stereocenters. The van der Waals surface area contributed by atoms with E-state index in [1.165, 1.54) is 18.2 Å². The number of hydrogen-bond acceptors (Lipinski definition) is 4. The first-order valence-corrected chi connectivity index (χ1v) is 8.90. The average molecular weight is 333 g/mol. The molecule has 0 amide bonds. The fourth-order valence-electron chi connectivity index (χ4n) is 2.75. The van der Waals surface area contributed by atoms with Crippen molar-refractivity contribution >= 4 is 27.3 Å². The van der Waals surface area contributed by atoms with Crippen molar-refractivity contribution in [3.8, 4) is 0 Å². The zero-order chi connectivity index (χ0) is 15.5. The number of nitrogens with one attached hydrogen (secondary N) is 1. The maximum absolute atomic E-state index is 12.3. The van der Waals surface area contributed by atoms with E-state index in [4.69, 9.17) is 17.3 Å². The highest BCUT2D eigenvalue weighted by Crippen LogP contribution is 2.35. The van der Waals surface area contributed by atoms with Crippen LogP contribution in [0.4, 0.5) is 5.69 Å². The third kappa shape index (κ3) is 3.88. The van der Waals surface area contributed by atoms with E-state index in [-0.39, 0.29) is 28.5 Å². The molecule has 2 rings (SSSR count). The Bertz CT molecular complexity index is 598. The monoisotopic (exact) mass is 332 g/mol. The highest BCUT2D eigenvalue weighted by atomic mass is 35.5. The maximum Gasteiger partial charge on any atom is 0.242 e. The van der Waals surface area contributed by atoms with Gasteiger partial charge in [0.25, 0.3) is 0 Å². The molecule has 7 heteroatoms. The van der Waals surface area contributed by atoms with Crippen molar-refractivity contribution in [3.05, 3.63) is 23.2 Å². The Balaban J connectivity index is 2.13. The Labute approximate surface area is 130 Å². The second-order valence-corrected chi connectivity index (χ2v) is 7.88. The normalized spacial score (nSPS) is 18.6. The number of nitrogens with two attached hydrogens (primary N) is 1. The Morgan fingerprint density at radius 3 is 2.52 bits per heavy atom. The average Bonchev–Trinajstić information content (AvgIpc) is 2.46. The molecule has 0 heterocycles. The van der Waals surface area contributed by atoms with E-state index in [2.05, 4.69) is 4.72 Å². The second kappa shape index (κ2) is 6.52. The molecule has 0 saturated heterocycles. The van der Waals surface area contributed by atoms with Crippen molar-refractivity contribution < 1.29 is 13.5 Å². The zero-order valence-corrected chi connectivity index (χ0v) is 13.4. The SMILES string of the molecule is Nc1ccc(S(=O)(=O)NCC2(CO)CCCCC2)c(Cl)c1. The molecule has 0 bridgehead atoms. The van der Waals surface area contributed by atoms with Crippen molar-refractivity contribution in [2.45, 2.75) is 37.0 Å². The molecular weight excluding hydrogens is 312 g/mol. The number of halogens is 1.